The average Bonchev–Trinajstić information content (AvgIpc) is 3.17. The molecule has 2 rings (SSSR count). The summed E-state index contributed by atoms with van der Waals surface area (Å²) in [7, 11) is 0. The number of nitrogens with one attached hydrogen (secondary N) is 1. The van der Waals surface area contributed by atoms with E-state index in [1.807, 2.05) is 6.92 Å². The number of unbranched alkanes of at least 4 members (excludes halogenated alkanes) is 2. The fourth-order valence-electron chi connectivity index (χ4n) is 2.88. The van der Waals surface area contributed by atoms with Gasteiger partial charge in [-0.2, -0.15) is 5.10 Å². The standard InChI is InChI=1S/C18H25N5O4/c1-2-3-4-7-14(12-22(27)13-24)18(26)23-15(9-11-20-23)17(25)21-16-8-5-6-10-19-16/h5-6,8,10-11,13-15,27H,2-4,7,9,12H2,1H3,(H,19,21,25)/t14-,15+/m1/s1. The Balaban J connectivity index is 2.06. The SMILES string of the molecule is CCCCC[C@H](CN(O)C=O)C(=O)N1N=CC[C@H]1C(=O)Nc1ccccn1. The minimum atomic E-state index is -0.781. The van der Waals surface area contributed by atoms with Crippen LogP contribution in [-0.4, -0.2) is 57.3 Å². The topological polar surface area (TPSA) is 115 Å². The molecule has 0 radical (unpaired) electrons. The summed E-state index contributed by atoms with van der Waals surface area (Å²) in [6.45, 7) is 1.91. The Kier molecular flexibility index (Phi) is 7.87. The number of hydrogen-bond donors (Lipinski definition) is 2. The van der Waals surface area contributed by atoms with Crippen LogP contribution < -0.4 is 5.32 Å². The van der Waals surface area contributed by atoms with Gasteiger partial charge in [0.25, 0.3) is 5.91 Å². The van der Waals surface area contributed by atoms with Crippen molar-refractivity contribution in [3.05, 3.63) is 24.4 Å². The summed E-state index contributed by atoms with van der Waals surface area (Å²) in [6, 6.07) is 4.35. The van der Waals surface area contributed by atoms with Crippen LogP contribution in [0.4, 0.5) is 5.82 Å². The number of anilines is 1. The van der Waals surface area contributed by atoms with Gasteiger partial charge < -0.3 is 5.32 Å². The Labute approximate surface area is 158 Å². The van der Waals surface area contributed by atoms with Crippen LogP contribution in [0.3, 0.4) is 0 Å². The molecule has 0 saturated carbocycles. The number of rotatable bonds is 10. The maximum Gasteiger partial charge on any atom is 0.250 e. The molecule has 9 heteroatoms. The molecule has 2 heterocycles. The molecule has 2 atom stereocenters. The highest BCUT2D eigenvalue weighted by Crippen LogP contribution is 2.21. The maximum atomic E-state index is 12.9. The lowest BCUT2D eigenvalue weighted by Gasteiger charge is -2.26. The van der Waals surface area contributed by atoms with Gasteiger partial charge in [-0.3, -0.25) is 19.6 Å². The third kappa shape index (κ3) is 5.85. The molecule has 3 amide bonds. The summed E-state index contributed by atoms with van der Waals surface area (Å²) in [5.41, 5.74) is 0. The van der Waals surface area contributed by atoms with Crippen LogP contribution in [0.2, 0.25) is 0 Å². The minimum Gasteiger partial charge on any atom is -0.309 e. The van der Waals surface area contributed by atoms with Crippen LogP contribution in [0.5, 0.6) is 0 Å². The van der Waals surface area contributed by atoms with Gasteiger partial charge >= 0.3 is 0 Å². The van der Waals surface area contributed by atoms with Crippen molar-refractivity contribution in [3.63, 3.8) is 0 Å². The number of hydrazone groups is 1. The molecule has 0 bridgehead atoms. The Hall–Kier alpha value is -2.81. The molecular weight excluding hydrogens is 350 g/mol. The van der Waals surface area contributed by atoms with Crippen molar-refractivity contribution in [2.24, 2.45) is 11.0 Å². The Morgan fingerprint density at radius 2 is 2.26 bits per heavy atom. The lowest BCUT2D eigenvalue weighted by atomic mass is 9.99. The number of hydrogen-bond acceptors (Lipinski definition) is 6. The molecule has 2 N–H and O–H groups in total. The van der Waals surface area contributed by atoms with E-state index in [4.69, 9.17) is 0 Å². The average molecular weight is 375 g/mol. The van der Waals surface area contributed by atoms with Crippen molar-refractivity contribution in [2.75, 3.05) is 11.9 Å². The van der Waals surface area contributed by atoms with E-state index in [9.17, 15) is 19.6 Å². The fourth-order valence-corrected chi connectivity index (χ4v) is 2.88. The normalized spacial score (nSPS) is 16.8. The Morgan fingerprint density at radius 3 is 2.93 bits per heavy atom. The lowest BCUT2D eigenvalue weighted by Crippen LogP contribution is -2.46. The van der Waals surface area contributed by atoms with Crippen molar-refractivity contribution in [2.45, 2.75) is 45.1 Å². The van der Waals surface area contributed by atoms with Gasteiger partial charge in [0.1, 0.15) is 11.9 Å². The summed E-state index contributed by atoms with van der Waals surface area (Å²) in [5, 5.41) is 17.8. The van der Waals surface area contributed by atoms with E-state index in [2.05, 4.69) is 15.4 Å². The van der Waals surface area contributed by atoms with E-state index in [1.165, 1.54) is 6.21 Å². The van der Waals surface area contributed by atoms with Crippen LogP contribution >= 0.6 is 0 Å². The van der Waals surface area contributed by atoms with Gasteiger partial charge in [-0.25, -0.2) is 15.1 Å². The van der Waals surface area contributed by atoms with Crippen molar-refractivity contribution in [1.82, 2.24) is 15.1 Å². The van der Waals surface area contributed by atoms with Crippen LogP contribution in [0.25, 0.3) is 0 Å². The second-order valence-electron chi connectivity index (χ2n) is 6.36. The molecule has 0 unspecified atom stereocenters. The number of nitrogens with zero attached hydrogens (tertiary/aromatic N) is 4. The third-order valence-electron chi connectivity index (χ3n) is 4.31. The number of carbonyl (C=O) groups is 3. The molecule has 0 saturated heterocycles. The van der Waals surface area contributed by atoms with Crippen molar-refractivity contribution in [1.29, 1.82) is 0 Å². The van der Waals surface area contributed by atoms with E-state index in [1.54, 1.807) is 24.4 Å². The smallest absolute Gasteiger partial charge is 0.250 e. The molecule has 9 nitrogen and oxygen atoms in total. The molecular formula is C18H25N5O4. The van der Waals surface area contributed by atoms with E-state index in [-0.39, 0.29) is 24.8 Å². The summed E-state index contributed by atoms with van der Waals surface area (Å²) in [5.74, 6) is -1.01. The highest BCUT2D eigenvalue weighted by atomic mass is 16.5. The molecule has 1 aromatic rings. The molecule has 0 fully saturated rings. The lowest BCUT2D eigenvalue weighted by molar-refractivity contribution is -0.158. The second kappa shape index (κ2) is 10.4. The Morgan fingerprint density at radius 1 is 1.44 bits per heavy atom. The van der Waals surface area contributed by atoms with E-state index >= 15 is 0 Å². The van der Waals surface area contributed by atoms with Crippen LogP contribution in [0, 0.1) is 5.92 Å². The molecule has 0 aromatic carbocycles. The number of hydroxylamine groups is 2. The van der Waals surface area contributed by atoms with Crippen LogP contribution in [0.15, 0.2) is 29.5 Å². The number of pyridine rings is 1. The molecule has 1 aliphatic heterocycles. The number of carbonyl (C=O) groups excluding carboxylic acids is 3. The van der Waals surface area contributed by atoms with Gasteiger partial charge in [0.2, 0.25) is 12.3 Å². The predicted octanol–water partition coefficient (Wildman–Crippen LogP) is 1.65. The third-order valence-corrected chi connectivity index (χ3v) is 4.31. The zero-order valence-electron chi connectivity index (χ0n) is 15.3. The quantitative estimate of drug-likeness (QED) is 0.279. The largest absolute Gasteiger partial charge is 0.309 e. The monoisotopic (exact) mass is 375 g/mol. The van der Waals surface area contributed by atoms with Crippen molar-refractivity contribution < 1.29 is 19.6 Å². The summed E-state index contributed by atoms with van der Waals surface area (Å²) < 4.78 is 0. The van der Waals surface area contributed by atoms with E-state index in [0.29, 0.717) is 23.7 Å². The zero-order chi connectivity index (χ0) is 19.6. The fraction of sp³-hybridized carbons (Fsp3) is 0.500. The molecule has 1 aromatic heterocycles. The summed E-state index contributed by atoms with van der Waals surface area (Å²) in [6.07, 6.45) is 6.82. The first-order valence-corrected chi connectivity index (χ1v) is 9.05. The molecule has 27 heavy (non-hydrogen) atoms. The van der Waals surface area contributed by atoms with Gasteiger partial charge in [0.15, 0.2) is 0 Å². The summed E-state index contributed by atoms with van der Waals surface area (Å²) in [4.78, 5) is 40.3. The molecule has 1 aliphatic rings. The van der Waals surface area contributed by atoms with Crippen LogP contribution in [0.1, 0.15) is 39.0 Å². The van der Waals surface area contributed by atoms with Gasteiger partial charge in [0, 0.05) is 18.8 Å². The molecule has 0 spiro atoms. The maximum absolute atomic E-state index is 12.9. The molecule has 146 valence electrons. The first kappa shape index (κ1) is 20.5. The number of aromatic nitrogens is 1. The van der Waals surface area contributed by atoms with Gasteiger partial charge in [0.05, 0.1) is 12.5 Å². The van der Waals surface area contributed by atoms with Gasteiger partial charge in [-0.15, -0.1) is 0 Å². The van der Waals surface area contributed by atoms with E-state index < -0.39 is 12.0 Å². The van der Waals surface area contributed by atoms with Gasteiger partial charge in [-0.1, -0.05) is 32.3 Å². The first-order valence-electron chi connectivity index (χ1n) is 9.05. The second-order valence-corrected chi connectivity index (χ2v) is 6.36. The highest BCUT2D eigenvalue weighted by molar-refractivity contribution is 5.99. The van der Waals surface area contributed by atoms with E-state index in [0.717, 1.165) is 24.3 Å². The first-order chi connectivity index (χ1) is 13.1. The summed E-state index contributed by atoms with van der Waals surface area (Å²) >= 11 is 0. The minimum absolute atomic E-state index is 0.132. The Bertz CT molecular complexity index is 667. The zero-order valence-corrected chi connectivity index (χ0v) is 15.3. The number of amides is 3. The van der Waals surface area contributed by atoms with Crippen molar-refractivity contribution in [3.8, 4) is 0 Å². The highest BCUT2D eigenvalue weighted by Gasteiger charge is 2.36. The van der Waals surface area contributed by atoms with Crippen molar-refractivity contribution >= 4 is 30.3 Å². The van der Waals surface area contributed by atoms with Gasteiger partial charge in [-0.05, 0) is 18.6 Å². The molecule has 0 aliphatic carbocycles. The van der Waals surface area contributed by atoms with Crippen LogP contribution in [-0.2, 0) is 14.4 Å². The predicted molar refractivity (Wildman–Crippen MR) is 98.8 cm³/mol.